The number of hydrogen-bond donors (Lipinski definition) is 1. The predicted molar refractivity (Wildman–Crippen MR) is 89.5 cm³/mol. The van der Waals surface area contributed by atoms with E-state index in [-0.39, 0.29) is 20.5 Å². The first kappa shape index (κ1) is 18.7. The molecule has 0 fully saturated rings. The summed E-state index contributed by atoms with van der Waals surface area (Å²) in [4.78, 5) is 12.1. The van der Waals surface area contributed by atoms with Gasteiger partial charge in [0.25, 0.3) is 0 Å². The molecule has 1 aliphatic rings. The van der Waals surface area contributed by atoms with Crippen LogP contribution < -0.4 is 5.73 Å². The van der Waals surface area contributed by atoms with E-state index in [1.807, 2.05) is 48.5 Å². The van der Waals surface area contributed by atoms with E-state index in [0.29, 0.717) is 6.42 Å². The van der Waals surface area contributed by atoms with Gasteiger partial charge in [0.05, 0.1) is 0 Å². The van der Waals surface area contributed by atoms with E-state index in [0.717, 1.165) is 10.0 Å². The SMILES string of the molecule is CC(C)(C)OC(=O)C(N)Cc1cc2c([se]1)C(C)(C)N([O])C2(C)C. The molecule has 0 bridgehead atoms. The second-order valence-electron chi connectivity index (χ2n) is 8.21. The van der Waals surface area contributed by atoms with Crippen molar-refractivity contribution in [2.24, 2.45) is 5.73 Å². The molecule has 0 saturated heterocycles. The van der Waals surface area contributed by atoms with E-state index in [1.165, 1.54) is 9.50 Å². The third-order valence-corrected chi connectivity index (χ3v) is 7.23. The standard InChI is InChI=1S/C17H27N2O3Se/c1-15(2,3)22-14(20)12(18)9-10-8-11-13(23-10)17(6,7)19(21)16(11,4)5/h8,12H,9,18H2,1-7H3. The molecule has 2 N–H and O–H groups in total. The van der Waals surface area contributed by atoms with Gasteiger partial charge < -0.3 is 0 Å². The molecular weight excluding hydrogens is 359 g/mol. The molecule has 5 nitrogen and oxygen atoms in total. The van der Waals surface area contributed by atoms with Crippen LogP contribution in [0.1, 0.15) is 62.9 Å². The van der Waals surface area contributed by atoms with Crippen molar-refractivity contribution in [1.82, 2.24) is 5.06 Å². The zero-order valence-electron chi connectivity index (χ0n) is 15.0. The maximum atomic E-state index is 12.5. The van der Waals surface area contributed by atoms with Gasteiger partial charge in [-0.15, -0.1) is 0 Å². The third kappa shape index (κ3) is 3.42. The summed E-state index contributed by atoms with van der Waals surface area (Å²) >= 11 is 0.0644. The Morgan fingerprint density at radius 2 is 1.87 bits per heavy atom. The molecule has 23 heavy (non-hydrogen) atoms. The summed E-state index contributed by atoms with van der Waals surface area (Å²) in [5, 5.41) is 13.7. The second-order valence-corrected chi connectivity index (χ2v) is 10.6. The van der Waals surface area contributed by atoms with E-state index in [1.54, 1.807) is 0 Å². The predicted octanol–water partition coefficient (Wildman–Crippen LogP) is 2.09. The molecule has 0 aliphatic carbocycles. The summed E-state index contributed by atoms with van der Waals surface area (Å²) < 4.78 is 7.71. The van der Waals surface area contributed by atoms with E-state index in [4.69, 9.17) is 10.5 Å². The molecule has 2 heterocycles. The van der Waals surface area contributed by atoms with E-state index < -0.39 is 22.7 Å². The molecule has 0 amide bonds. The van der Waals surface area contributed by atoms with Crippen LogP contribution in [0.25, 0.3) is 0 Å². The number of carbonyl (C=O) groups excluding carboxylic acids is 1. The molecule has 2 rings (SSSR count). The number of ether oxygens (including phenoxy) is 1. The zero-order chi connectivity index (χ0) is 17.8. The molecule has 1 atom stereocenters. The summed E-state index contributed by atoms with van der Waals surface area (Å²) in [6.45, 7) is 13.3. The molecule has 1 aromatic rings. The van der Waals surface area contributed by atoms with Gasteiger partial charge in [-0.1, -0.05) is 0 Å². The molecule has 0 spiro atoms. The Bertz CT molecular complexity index is 580. The second kappa shape index (κ2) is 5.71. The molecule has 0 saturated carbocycles. The molecule has 1 radical (unpaired) electrons. The number of hydrogen-bond acceptors (Lipinski definition) is 4. The van der Waals surface area contributed by atoms with Gasteiger partial charge in [0.15, 0.2) is 0 Å². The van der Waals surface area contributed by atoms with E-state index >= 15 is 0 Å². The number of hydroxylamine groups is 2. The Morgan fingerprint density at radius 3 is 2.35 bits per heavy atom. The average molecular weight is 386 g/mol. The van der Waals surface area contributed by atoms with Crippen molar-refractivity contribution in [3.63, 3.8) is 0 Å². The Balaban J connectivity index is 2.20. The summed E-state index contributed by atoms with van der Waals surface area (Å²) in [5.74, 6) is -0.370. The number of esters is 1. The number of nitrogens with zero attached hydrogens (tertiary/aromatic N) is 1. The Hall–Kier alpha value is -0.651. The summed E-state index contributed by atoms with van der Waals surface area (Å²) in [5.41, 5.74) is 5.57. The van der Waals surface area contributed by atoms with E-state index in [2.05, 4.69) is 6.07 Å². The summed E-state index contributed by atoms with van der Waals surface area (Å²) in [6.07, 6.45) is 0.493. The van der Waals surface area contributed by atoms with Crippen molar-refractivity contribution < 1.29 is 14.7 Å². The van der Waals surface area contributed by atoms with Crippen LogP contribution in [0.4, 0.5) is 0 Å². The fourth-order valence-electron chi connectivity index (χ4n) is 3.03. The van der Waals surface area contributed by atoms with Gasteiger partial charge in [0.2, 0.25) is 0 Å². The van der Waals surface area contributed by atoms with Crippen LogP contribution in [0.5, 0.6) is 0 Å². The number of carbonyl (C=O) groups is 1. The first-order valence-electron chi connectivity index (χ1n) is 7.86. The first-order valence-corrected chi connectivity index (χ1v) is 9.57. The van der Waals surface area contributed by atoms with Crippen LogP contribution in [0.3, 0.4) is 0 Å². The van der Waals surface area contributed by atoms with Crippen molar-refractivity contribution in [3.05, 3.63) is 20.5 Å². The molecule has 1 aromatic heterocycles. The first-order chi connectivity index (χ1) is 10.3. The maximum absolute atomic E-state index is 12.5. The summed E-state index contributed by atoms with van der Waals surface area (Å²) in [6, 6.07) is 1.43. The minimum absolute atomic E-state index is 0.0644. The Kier molecular flexibility index (Phi) is 4.64. The fourth-order valence-corrected chi connectivity index (χ4v) is 6.08. The topological polar surface area (TPSA) is 75.5 Å². The van der Waals surface area contributed by atoms with Crippen LogP contribution in [0.15, 0.2) is 6.07 Å². The van der Waals surface area contributed by atoms with Crippen LogP contribution in [-0.2, 0) is 32.2 Å². The van der Waals surface area contributed by atoms with Crippen molar-refractivity contribution >= 4 is 20.5 Å². The van der Waals surface area contributed by atoms with Crippen molar-refractivity contribution in [3.8, 4) is 0 Å². The van der Waals surface area contributed by atoms with Gasteiger partial charge in [0.1, 0.15) is 0 Å². The van der Waals surface area contributed by atoms with Crippen LogP contribution in [-0.4, -0.2) is 37.2 Å². The van der Waals surface area contributed by atoms with Gasteiger partial charge in [-0.05, 0) is 0 Å². The minimum atomic E-state index is -0.656. The van der Waals surface area contributed by atoms with Crippen molar-refractivity contribution in [2.75, 3.05) is 0 Å². The summed E-state index contributed by atoms with van der Waals surface area (Å²) in [7, 11) is 0. The molecule has 1 aliphatic heterocycles. The van der Waals surface area contributed by atoms with Gasteiger partial charge in [-0.3, -0.25) is 0 Å². The van der Waals surface area contributed by atoms with Crippen LogP contribution in [0, 0.1) is 0 Å². The Labute approximate surface area is 144 Å². The Morgan fingerprint density at radius 1 is 1.30 bits per heavy atom. The molecule has 1 unspecified atom stereocenters. The van der Waals surface area contributed by atoms with E-state index in [9.17, 15) is 10.0 Å². The van der Waals surface area contributed by atoms with Gasteiger partial charge in [0, 0.05) is 0 Å². The van der Waals surface area contributed by atoms with Crippen molar-refractivity contribution in [1.29, 1.82) is 0 Å². The number of fused-ring (bicyclic) bond motifs is 1. The monoisotopic (exact) mass is 387 g/mol. The average Bonchev–Trinajstić information content (AvgIpc) is 2.84. The molecule has 0 aromatic carbocycles. The zero-order valence-corrected chi connectivity index (χ0v) is 16.7. The van der Waals surface area contributed by atoms with Gasteiger partial charge >= 0.3 is 144 Å². The quantitative estimate of drug-likeness (QED) is 0.638. The number of nitrogens with two attached hydrogens (primary N) is 1. The molecule has 129 valence electrons. The molecule has 6 heteroatoms. The third-order valence-electron chi connectivity index (χ3n) is 4.14. The number of rotatable bonds is 3. The van der Waals surface area contributed by atoms with Crippen molar-refractivity contribution in [2.45, 2.75) is 77.6 Å². The normalized spacial score (nSPS) is 21.1. The molecular formula is C17H27N2O3Se. The van der Waals surface area contributed by atoms with Crippen LogP contribution in [0.2, 0.25) is 0 Å². The van der Waals surface area contributed by atoms with Crippen LogP contribution >= 0.6 is 0 Å². The van der Waals surface area contributed by atoms with Gasteiger partial charge in [-0.2, -0.15) is 0 Å². The van der Waals surface area contributed by atoms with Gasteiger partial charge in [-0.25, -0.2) is 0 Å². The fraction of sp³-hybridized carbons (Fsp3) is 0.706.